The van der Waals surface area contributed by atoms with Crippen LogP contribution >= 0.6 is 0 Å². The Bertz CT molecular complexity index is 240. The van der Waals surface area contributed by atoms with E-state index in [-0.39, 0.29) is 0 Å². The van der Waals surface area contributed by atoms with Gasteiger partial charge in [0.1, 0.15) is 0 Å². The lowest BCUT2D eigenvalue weighted by atomic mass is 9.78. The maximum absolute atomic E-state index is 10.5. The quantitative estimate of drug-likeness (QED) is 0.790. The molecule has 1 aliphatic carbocycles. The molecule has 2 aliphatic rings. The Balaban J connectivity index is 1.76. The fourth-order valence-corrected chi connectivity index (χ4v) is 3.26. The molecule has 3 nitrogen and oxygen atoms in total. The van der Waals surface area contributed by atoms with Gasteiger partial charge in [-0.05, 0) is 38.0 Å². The molecule has 0 aromatic carbocycles. The fraction of sp³-hybridized carbons (Fsp3) is 1.00. The first-order chi connectivity index (χ1) is 8.09. The molecule has 1 saturated heterocycles. The predicted octanol–water partition coefficient (Wildman–Crippen LogP) is 1.94. The van der Waals surface area contributed by atoms with Crippen LogP contribution < -0.4 is 5.32 Å². The number of aliphatic hydroxyl groups is 1. The molecule has 3 heteroatoms. The van der Waals surface area contributed by atoms with Gasteiger partial charge in [-0.1, -0.05) is 19.8 Å². The van der Waals surface area contributed by atoms with Gasteiger partial charge in [0.15, 0.2) is 0 Å². The standard InChI is InChI=1S/C14H27NO2/c1-11-4-3-6-14(16,8-11)10-15-12(2)13-5-7-17-9-13/h11-13,15-16H,3-10H2,1-2H3. The first-order valence-corrected chi connectivity index (χ1v) is 7.12. The number of hydrogen-bond acceptors (Lipinski definition) is 3. The van der Waals surface area contributed by atoms with Gasteiger partial charge >= 0.3 is 0 Å². The first-order valence-electron chi connectivity index (χ1n) is 7.12. The third-order valence-electron chi connectivity index (χ3n) is 4.49. The van der Waals surface area contributed by atoms with Crippen molar-refractivity contribution >= 4 is 0 Å². The van der Waals surface area contributed by atoms with E-state index >= 15 is 0 Å². The lowest BCUT2D eigenvalue weighted by Crippen LogP contribution is -2.48. The van der Waals surface area contributed by atoms with E-state index in [1.807, 2.05) is 0 Å². The van der Waals surface area contributed by atoms with Gasteiger partial charge in [0.25, 0.3) is 0 Å². The topological polar surface area (TPSA) is 41.5 Å². The van der Waals surface area contributed by atoms with E-state index in [1.54, 1.807) is 0 Å². The minimum atomic E-state index is -0.467. The molecule has 2 N–H and O–H groups in total. The summed E-state index contributed by atoms with van der Waals surface area (Å²) in [5.74, 6) is 1.29. The highest BCUT2D eigenvalue weighted by molar-refractivity contribution is 4.88. The Morgan fingerprint density at radius 2 is 2.29 bits per heavy atom. The molecule has 0 radical (unpaired) electrons. The molecule has 2 fully saturated rings. The van der Waals surface area contributed by atoms with Crippen LogP contribution in [0.5, 0.6) is 0 Å². The highest BCUT2D eigenvalue weighted by Crippen LogP contribution is 2.32. The Morgan fingerprint density at radius 1 is 1.47 bits per heavy atom. The van der Waals surface area contributed by atoms with Crippen LogP contribution in [0.15, 0.2) is 0 Å². The maximum Gasteiger partial charge on any atom is 0.0774 e. The van der Waals surface area contributed by atoms with E-state index in [9.17, 15) is 5.11 Å². The zero-order valence-electron chi connectivity index (χ0n) is 11.2. The summed E-state index contributed by atoms with van der Waals surface area (Å²) in [7, 11) is 0. The summed E-state index contributed by atoms with van der Waals surface area (Å²) < 4.78 is 5.41. The Morgan fingerprint density at radius 3 is 2.94 bits per heavy atom. The summed E-state index contributed by atoms with van der Waals surface area (Å²) in [5.41, 5.74) is -0.467. The SMILES string of the molecule is CC1CCCC(O)(CNC(C)C2CCOC2)C1. The number of rotatable bonds is 4. The van der Waals surface area contributed by atoms with Crippen LogP contribution in [0.1, 0.15) is 46.0 Å². The lowest BCUT2D eigenvalue weighted by Gasteiger charge is -2.37. The van der Waals surface area contributed by atoms with Crippen LogP contribution in [0.25, 0.3) is 0 Å². The highest BCUT2D eigenvalue weighted by atomic mass is 16.5. The van der Waals surface area contributed by atoms with Gasteiger partial charge in [-0.25, -0.2) is 0 Å². The summed E-state index contributed by atoms with van der Waals surface area (Å²) >= 11 is 0. The van der Waals surface area contributed by atoms with Crippen LogP contribution in [0.3, 0.4) is 0 Å². The Labute approximate surface area is 105 Å². The van der Waals surface area contributed by atoms with Gasteiger partial charge in [0, 0.05) is 19.2 Å². The van der Waals surface area contributed by atoms with Crippen LogP contribution in [-0.2, 0) is 4.74 Å². The normalized spacial score (nSPS) is 40.4. The second-order valence-corrected chi connectivity index (χ2v) is 6.22. The van der Waals surface area contributed by atoms with Crippen molar-refractivity contribution in [2.75, 3.05) is 19.8 Å². The van der Waals surface area contributed by atoms with Gasteiger partial charge in [-0.2, -0.15) is 0 Å². The minimum absolute atomic E-state index is 0.457. The molecule has 2 rings (SSSR count). The molecule has 4 atom stereocenters. The fourth-order valence-electron chi connectivity index (χ4n) is 3.26. The third kappa shape index (κ3) is 3.67. The molecule has 100 valence electrons. The summed E-state index contributed by atoms with van der Waals surface area (Å²) in [6.45, 7) is 6.99. The molecule has 0 amide bonds. The van der Waals surface area contributed by atoms with Crippen LogP contribution in [0.4, 0.5) is 0 Å². The number of nitrogens with one attached hydrogen (secondary N) is 1. The molecule has 1 aliphatic heterocycles. The monoisotopic (exact) mass is 241 g/mol. The van der Waals surface area contributed by atoms with E-state index < -0.39 is 5.60 Å². The van der Waals surface area contributed by atoms with E-state index in [1.165, 1.54) is 12.8 Å². The second kappa shape index (κ2) is 5.68. The molecule has 0 bridgehead atoms. The van der Waals surface area contributed by atoms with Crippen molar-refractivity contribution in [2.45, 2.75) is 57.6 Å². The van der Waals surface area contributed by atoms with E-state index in [4.69, 9.17) is 4.74 Å². The molecule has 4 unspecified atom stereocenters. The molecule has 0 spiro atoms. The minimum Gasteiger partial charge on any atom is -0.389 e. The van der Waals surface area contributed by atoms with E-state index in [0.717, 1.165) is 39.0 Å². The Kier molecular flexibility index (Phi) is 4.45. The van der Waals surface area contributed by atoms with E-state index in [0.29, 0.717) is 17.9 Å². The van der Waals surface area contributed by atoms with Crippen molar-refractivity contribution in [3.8, 4) is 0 Å². The van der Waals surface area contributed by atoms with Crippen molar-refractivity contribution in [2.24, 2.45) is 11.8 Å². The summed E-state index contributed by atoms with van der Waals surface area (Å²) in [5, 5.41) is 14.1. The van der Waals surface area contributed by atoms with Gasteiger partial charge < -0.3 is 15.2 Å². The lowest BCUT2D eigenvalue weighted by molar-refractivity contribution is -0.0147. The van der Waals surface area contributed by atoms with Crippen molar-refractivity contribution in [1.82, 2.24) is 5.32 Å². The summed E-state index contributed by atoms with van der Waals surface area (Å²) in [6.07, 6.45) is 5.50. The zero-order chi connectivity index (χ0) is 12.3. The number of hydrogen-bond donors (Lipinski definition) is 2. The van der Waals surface area contributed by atoms with Gasteiger partial charge in [-0.3, -0.25) is 0 Å². The molecule has 1 saturated carbocycles. The van der Waals surface area contributed by atoms with Crippen molar-refractivity contribution < 1.29 is 9.84 Å². The number of ether oxygens (including phenoxy) is 1. The molecule has 0 aromatic heterocycles. The molecule has 17 heavy (non-hydrogen) atoms. The van der Waals surface area contributed by atoms with E-state index in [2.05, 4.69) is 19.2 Å². The smallest absolute Gasteiger partial charge is 0.0774 e. The third-order valence-corrected chi connectivity index (χ3v) is 4.49. The van der Waals surface area contributed by atoms with Crippen LogP contribution in [0, 0.1) is 11.8 Å². The molecular formula is C14H27NO2. The van der Waals surface area contributed by atoms with Gasteiger partial charge in [-0.15, -0.1) is 0 Å². The Hall–Kier alpha value is -0.120. The average molecular weight is 241 g/mol. The second-order valence-electron chi connectivity index (χ2n) is 6.22. The van der Waals surface area contributed by atoms with Gasteiger partial charge in [0.05, 0.1) is 12.2 Å². The predicted molar refractivity (Wildman–Crippen MR) is 69.0 cm³/mol. The van der Waals surface area contributed by atoms with Gasteiger partial charge in [0.2, 0.25) is 0 Å². The maximum atomic E-state index is 10.5. The summed E-state index contributed by atoms with van der Waals surface area (Å²) in [4.78, 5) is 0. The van der Waals surface area contributed by atoms with Crippen molar-refractivity contribution in [1.29, 1.82) is 0 Å². The molecule has 0 aromatic rings. The van der Waals surface area contributed by atoms with Crippen LogP contribution in [0.2, 0.25) is 0 Å². The summed E-state index contributed by atoms with van der Waals surface area (Å²) in [6, 6.07) is 0.457. The zero-order valence-corrected chi connectivity index (χ0v) is 11.2. The first kappa shape index (κ1) is 13.3. The van der Waals surface area contributed by atoms with Crippen molar-refractivity contribution in [3.63, 3.8) is 0 Å². The molecule has 1 heterocycles. The average Bonchev–Trinajstić information content (AvgIpc) is 2.79. The molecular weight excluding hydrogens is 214 g/mol. The van der Waals surface area contributed by atoms with Crippen molar-refractivity contribution in [3.05, 3.63) is 0 Å². The highest BCUT2D eigenvalue weighted by Gasteiger charge is 2.33. The van der Waals surface area contributed by atoms with Crippen LogP contribution in [-0.4, -0.2) is 36.5 Å². The largest absolute Gasteiger partial charge is 0.389 e.